The highest BCUT2D eigenvalue weighted by atomic mass is 32.2. The lowest BCUT2D eigenvalue weighted by atomic mass is 10.2. The summed E-state index contributed by atoms with van der Waals surface area (Å²) >= 11 is 0. The van der Waals surface area contributed by atoms with E-state index in [9.17, 15) is 18.5 Å². The first-order valence-corrected chi connectivity index (χ1v) is 7.76. The lowest BCUT2D eigenvalue weighted by molar-refractivity contribution is -0.385. The number of sulfonamides is 1. The molecule has 118 valence electrons. The van der Waals surface area contributed by atoms with Gasteiger partial charge in [0.05, 0.1) is 15.4 Å². The summed E-state index contributed by atoms with van der Waals surface area (Å²) in [6.45, 7) is 0. The van der Waals surface area contributed by atoms with E-state index in [0.29, 0.717) is 0 Å². The van der Waals surface area contributed by atoms with Gasteiger partial charge in [0.15, 0.2) is 0 Å². The topological polar surface area (TPSA) is 122 Å². The number of nitrogens with zero attached hydrogens (tertiary/aromatic N) is 2. The molecule has 0 bridgehead atoms. The van der Waals surface area contributed by atoms with Gasteiger partial charge in [-0.25, -0.2) is 13.1 Å². The molecular formula is C14H11N3O5S. The molecule has 8 nitrogen and oxygen atoms in total. The Labute approximate surface area is 132 Å². The Morgan fingerprint density at radius 2 is 1.91 bits per heavy atom. The smallest absolute Gasteiger partial charge is 0.312 e. The zero-order valence-electron chi connectivity index (χ0n) is 11.9. The second kappa shape index (κ2) is 6.43. The summed E-state index contributed by atoms with van der Waals surface area (Å²) in [6.07, 6.45) is 0. The second-order valence-electron chi connectivity index (χ2n) is 4.30. The Hall–Kier alpha value is -2.96. The molecule has 2 aromatic rings. The van der Waals surface area contributed by atoms with E-state index < -0.39 is 20.6 Å². The average Bonchev–Trinajstić information content (AvgIpc) is 2.55. The summed E-state index contributed by atoms with van der Waals surface area (Å²) in [4.78, 5) is 10.2. The number of ether oxygens (including phenoxy) is 1. The third-order valence-corrected chi connectivity index (χ3v) is 4.35. The number of hydrogen-bond donors (Lipinski definition) is 1. The molecular weight excluding hydrogens is 322 g/mol. The summed E-state index contributed by atoms with van der Waals surface area (Å²) in [5, 5.41) is 20.2. The first-order valence-electron chi connectivity index (χ1n) is 6.28. The molecule has 0 amide bonds. The van der Waals surface area contributed by atoms with Gasteiger partial charge in [-0.15, -0.1) is 0 Å². The van der Waals surface area contributed by atoms with Crippen molar-refractivity contribution in [2.24, 2.45) is 0 Å². The van der Waals surface area contributed by atoms with Crippen LogP contribution in [-0.4, -0.2) is 20.4 Å². The van der Waals surface area contributed by atoms with E-state index in [1.807, 2.05) is 6.07 Å². The predicted octanol–water partition coefficient (Wildman–Crippen LogP) is 2.17. The minimum absolute atomic E-state index is 0.141. The van der Waals surface area contributed by atoms with Gasteiger partial charge in [-0.2, -0.15) is 5.26 Å². The van der Waals surface area contributed by atoms with Crippen LogP contribution < -0.4 is 9.46 Å². The van der Waals surface area contributed by atoms with Crippen molar-refractivity contribution >= 4 is 15.7 Å². The molecule has 0 aliphatic rings. The quantitative estimate of drug-likeness (QED) is 0.661. The molecule has 0 saturated heterocycles. The Morgan fingerprint density at radius 3 is 2.52 bits per heavy atom. The number of benzene rings is 2. The molecule has 0 aliphatic carbocycles. The summed E-state index contributed by atoms with van der Waals surface area (Å²) in [6, 6.07) is 11.4. The van der Waals surface area contributed by atoms with Crippen LogP contribution in [-0.2, 0) is 10.0 Å². The van der Waals surface area contributed by atoms with Crippen LogP contribution in [0.25, 0.3) is 0 Å². The Balaban J connectivity index is 2.52. The number of rotatable bonds is 5. The Bertz CT molecular complexity index is 903. The lowest BCUT2D eigenvalue weighted by Crippen LogP contribution is -2.18. The zero-order chi connectivity index (χ0) is 17.0. The fourth-order valence-corrected chi connectivity index (χ4v) is 2.53. The van der Waals surface area contributed by atoms with Gasteiger partial charge in [-0.05, 0) is 31.3 Å². The third kappa shape index (κ3) is 3.45. The first-order chi connectivity index (χ1) is 10.9. The normalized spacial score (nSPS) is 10.8. The van der Waals surface area contributed by atoms with Crippen molar-refractivity contribution in [1.29, 1.82) is 5.26 Å². The molecule has 0 aromatic heterocycles. The van der Waals surface area contributed by atoms with E-state index in [4.69, 9.17) is 10.00 Å². The first kappa shape index (κ1) is 16.4. The van der Waals surface area contributed by atoms with Crippen LogP contribution in [0.2, 0.25) is 0 Å². The van der Waals surface area contributed by atoms with Crippen molar-refractivity contribution in [3.8, 4) is 17.6 Å². The summed E-state index contributed by atoms with van der Waals surface area (Å²) in [5.74, 6) is -0.0184. The van der Waals surface area contributed by atoms with E-state index in [1.165, 1.54) is 31.3 Å². The Kier molecular flexibility index (Phi) is 4.59. The molecule has 2 rings (SSSR count). The Morgan fingerprint density at radius 1 is 1.22 bits per heavy atom. The molecule has 0 radical (unpaired) electrons. The van der Waals surface area contributed by atoms with Gasteiger partial charge >= 0.3 is 5.69 Å². The summed E-state index contributed by atoms with van der Waals surface area (Å²) < 4.78 is 30.9. The number of para-hydroxylation sites is 1. The van der Waals surface area contributed by atoms with Crippen LogP contribution in [0.5, 0.6) is 11.5 Å². The van der Waals surface area contributed by atoms with E-state index in [1.54, 1.807) is 12.1 Å². The predicted molar refractivity (Wildman–Crippen MR) is 80.6 cm³/mol. The van der Waals surface area contributed by atoms with E-state index in [-0.39, 0.29) is 22.0 Å². The van der Waals surface area contributed by atoms with Gasteiger partial charge in [0.2, 0.25) is 15.8 Å². The minimum atomic E-state index is -3.82. The van der Waals surface area contributed by atoms with Crippen LogP contribution in [0.3, 0.4) is 0 Å². The van der Waals surface area contributed by atoms with Crippen molar-refractivity contribution in [3.63, 3.8) is 0 Å². The van der Waals surface area contributed by atoms with Crippen molar-refractivity contribution in [3.05, 3.63) is 58.1 Å². The number of nitro benzene ring substituents is 1. The highest BCUT2D eigenvalue weighted by Gasteiger charge is 2.22. The average molecular weight is 333 g/mol. The van der Waals surface area contributed by atoms with Crippen molar-refractivity contribution in [2.45, 2.75) is 4.90 Å². The van der Waals surface area contributed by atoms with Crippen LogP contribution in [0.1, 0.15) is 5.56 Å². The lowest BCUT2D eigenvalue weighted by Gasteiger charge is -2.09. The molecule has 0 spiro atoms. The van der Waals surface area contributed by atoms with Crippen LogP contribution >= 0.6 is 0 Å². The fourth-order valence-electron chi connectivity index (χ4n) is 1.78. The largest absolute Gasteiger partial charge is 0.449 e. The van der Waals surface area contributed by atoms with Crippen LogP contribution in [0.15, 0.2) is 47.4 Å². The van der Waals surface area contributed by atoms with Crippen molar-refractivity contribution in [1.82, 2.24) is 4.72 Å². The molecule has 0 heterocycles. The van der Waals surface area contributed by atoms with Gasteiger partial charge in [-0.1, -0.05) is 12.1 Å². The molecule has 0 fully saturated rings. The second-order valence-corrected chi connectivity index (χ2v) is 6.19. The van der Waals surface area contributed by atoms with E-state index >= 15 is 0 Å². The number of nitro groups is 1. The number of nitrogens with one attached hydrogen (secondary N) is 1. The van der Waals surface area contributed by atoms with E-state index in [0.717, 1.165) is 6.07 Å². The SMILES string of the molecule is CNS(=O)(=O)c1ccc(Oc2ccccc2C#N)c([N+](=O)[O-])c1. The number of hydrogen-bond acceptors (Lipinski definition) is 6. The monoisotopic (exact) mass is 333 g/mol. The molecule has 1 N–H and O–H groups in total. The fraction of sp³-hybridized carbons (Fsp3) is 0.0714. The summed E-state index contributed by atoms with van der Waals surface area (Å²) in [7, 11) is -2.62. The maximum Gasteiger partial charge on any atom is 0.312 e. The van der Waals surface area contributed by atoms with Gasteiger partial charge in [-0.3, -0.25) is 10.1 Å². The highest BCUT2D eigenvalue weighted by molar-refractivity contribution is 7.89. The van der Waals surface area contributed by atoms with Gasteiger partial charge in [0, 0.05) is 6.07 Å². The summed E-state index contributed by atoms with van der Waals surface area (Å²) in [5.41, 5.74) is -0.317. The van der Waals surface area contributed by atoms with Crippen LogP contribution in [0.4, 0.5) is 5.69 Å². The van der Waals surface area contributed by atoms with Gasteiger partial charge in [0.1, 0.15) is 11.8 Å². The third-order valence-electron chi connectivity index (χ3n) is 2.93. The van der Waals surface area contributed by atoms with E-state index in [2.05, 4.69) is 4.72 Å². The minimum Gasteiger partial charge on any atom is -0.449 e. The molecule has 0 saturated carbocycles. The molecule has 2 aromatic carbocycles. The van der Waals surface area contributed by atoms with Gasteiger partial charge < -0.3 is 4.74 Å². The molecule has 0 unspecified atom stereocenters. The van der Waals surface area contributed by atoms with Crippen LogP contribution in [0, 0.1) is 21.4 Å². The number of nitriles is 1. The molecule has 23 heavy (non-hydrogen) atoms. The van der Waals surface area contributed by atoms with Crippen molar-refractivity contribution in [2.75, 3.05) is 7.05 Å². The maximum absolute atomic E-state index is 11.7. The standard InChI is InChI=1S/C14H11N3O5S/c1-16-23(20,21)11-6-7-14(12(8-11)17(18)19)22-13-5-3-2-4-10(13)9-15/h2-8,16H,1H3. The van der Waals surface area contributed by atoms with Gasteiger partial charge in [0.25, 0.3) is 0 Å². The molecule has 9 heteroatoms. The maximum atomic E-state index is 11.7. The highest BCUT2D eigenvalue weighted by Crippen LogP contribution is 2.34. The van der Waals surface area contributed by atoms with Crippen molar-refractivity contribution < 1.29 is 18.1 Å². The molecule has 0 aliphatic heterocycles. The zero-order valence-corrected chi connectivity index (χ0v) is 12.7. The molecule has 0 atom stereocenters.